The predicted molar refractivity (Wildman–Crippen MR) is 69.4 cm³/mol. The fourth-order valence-corrected chi connectivity index (χ4v) is 1.30. The smallest absolute Gasteiger partial charge is 0.239 e. The zero-order valence-electron chi connectivity index (χ0n) is 10.9. The summed E-state index contributed by atoms with van der Waals surface area (Å²) in [7, 11) is 1.88. The molecule has 1 aromatic rings. The number of aromatic nitrogens is 1. The molecule has 0 unspecified atom stereocenters. The number of hydrogen-bond donors (Lipinski definition) is 2. The number of ether oxygens (including phenoxy) is 1. The van der Waals surface area contributed by atoms with Crippen molar-refractivity contribution in [3.63, 3.8) is 0 Å². The van der Waals surface area contributed by atoms with Crippen molar-refractivity contribution in [3.8, 4) is 5.88 Å². The lowest BCUT2D eigenvalue weighted by atomic mass is 10.1. The van der Waals surface area contributed by atoms with Crippen LogP contribution in [0.15, 0.2) is 12.1 Å². The van der Waals surface area contributed by atoms with Crippen LogP contribution in [0.2, 0.25) is 0 Å². The van der Waals surface area contributed by atoms with E-state index in [-0.39, 0.29) is 12.1 Å². The van der Waals surface area contributed by atoms with E-state index in [0.29, 0.717) is 18.2 Å². The third kappa shape index (κ3) is 3.00. The molecule has 0 aliphatic heterocycles. The molecule has 1 aromatic heterocycles. The van der Waals surface area contributed by atoms with E-state index in [1.807, 2.05) is 38.8 Å². The molecule has 0 bridgehead atoms. The molecule has 0 amide bonds. The lowest BCUT2D eigenvalue weighted by molar-refractivity contribution is 0.215. The van der Waals surface area contributed by atoms with Crippen molar-refractivity contribution in [2.75, 3.05) is 30.9 Å². The summed E-state index contributed by atoms with van der Waals surface area (Å²) in [6.45, 7) is 6.32. The molecule has 17 heavy (non-hydrogen) atoms. The quantitative estimate of drug-likeness (QED) is 0.809. The van der Waals surface area contributed by atoms with Crippen LogP contribution in [0.4, 0.5) is 11.5 Å². The molecule has 0 spiro atoms. The van der Waals surface area contributed by atoms with Crippen molar-refractivity contribution in [2.24, 2.45) is 0 Å². The molecule has 3 N–H and O–H groups in total. The highest BCUT2D eigenvalue weighted by Crippen LogP contribution is 2.26. The fraction of sp³-hybridized carbons (Fsp3) is 0.583. The molecule has 1 heterocycles. The van der Waals surface area contributed by atoms with Crippen LogP contribution in [0.1, 0.15) is 20.8 Å². The second-order valence-electron chi connectivity index (χ2n) is 4.53. The Morgan fingerprint density at radius 2 is 2.12 bits per heavy atom. The van der Waals surface area contributed by atoms with Crippen molar-refractivity contribution in [1.82, 2.24) is 4.98 Å². The SMILES string of the molecule is CCOc1nc(N(C)C(C)(C)CO)ccc1N. The summed E-state index contributed by atoms with van der Waals surface area (Å²) in [5, 5.41) is 9.33. The third-order valence-corrected chi connectivity index (χ3v) is 2.79. The van der Waals surface area contributed by atoms with Gasteiger partial charge in [-0.15, -0.1) is 0 Å². The molecule has 5 heteroatoms. The van der Waals surface area contributed by atoms with Gasteiger partial charge >= 0.3 is 0 Å². The summed E-state index contributed by atoms with van der Waals surface area (Å²) >= 11 is 0. The molecule has 0 aliphatic rings. The third-order valence-electron chi connectivity index (χ3n) is 2.79. The molecule has 0 fully saturated rings. The summed E-state index contributed by atoms with van der Waals surface area (Å²) in [6, 6.07) is 3.58. The van der Waals surface area contributed by atoms with Gasteiger partial charge in [-0.3, -0.25) is 0 Å². The van der Waals surface area contributed by atoms with Crippen LogP contribution in [0.3, 0.4) is 0 Å². The van der Waals surface area contributed by atoms with E-state index in [4.69, 9.17) is 10.5 Å². The molecule has 0 radical (unpaired) electrons. The number of rotatable bonds is 5. The first-order valence-corrected chi connectivity index (χ1v) is 5.66. The first-order valence-electron chi connectivity index (χ1n) is 5.66. The normalized spacial score (nSPS) is 11.4. The Balaban J connectivity index is 3.03. The average Bonchev–Trinajstić information content (AvgIpc) is 2.31. The predicted octanol–water partition coefficient (Wildman–Crippen LogP) is 1.27. The standard InChI is InChI=1S/C12H21N3O2/c1-5-17-11-9(13)6-7-10(14-11)15(4)12(2,3)8-16/h6-7,16H,5,8,13H2,1-4H3. The zero-order valence-corrected chi connectivity index (χ0v) is 10.9. The highest BCUT2D eigenvalue weighted by Gasteiger charge is 2.24. The van der Waals surface area contributed by atoms with E-state index >= 15 is 0 Å². The van der Waals surface area contributed by atoms with Gasteiger partial charge in [0.1, 0.15) is 5.82 Å². The van der Waals surface area contributed by atoms with Crippen molar-refractivity contribution in [2.45, 2.75) is 26.3 Å². The Hall–Kier alpha value is -1.49. The average molecular weight is 239 g/mol. The molecule has 1 rings (SSSR count). The second kappa shape index (κ2) is 5.23. The molecule has 0 aromatic carbocycles. The summed E-state index contributed by atoms with van der Waals surface area (Å²) in [5.74, 6) is 1.16. The van der Waals surface area contributed by atoms with Crippen molar-refractivity contribution >= 4 is 11.5 Å². The van der Waals surface area contributed by atoms with Gasteiger partial charge in [0, 0.05) is 7.05 Å². The number of anilines is 2. The van der Waals surface area contributed by atoms with E-state index < -0.39 is 0 Å². The van der Waals surface area contributed by atoms with E-state index in [2.05, 4.69) is 4.98 Å². The van der Waals surface area contributed by atoms with Crippen molar-refractivity contribution in [3.05, 3.63) is 12.1 Å². The van der Waals surface area contributed by atoms with Gasteiger partial charge < -0.3 is 20.5 Å². The number of aliphatic hydroxyl groups excluding tert-OH is 1. The minimum absolute atomic E-state index is 0.0412. The Morgan fingerprint density at radius 3 is 2.65 bits per heavy atom. The lowest BCUT2D eigenvalue weighted by Crippen LogP contribution is -2.44. The Labute approximate surface area is 102 Å². The molecule has 5 nitrogen and oxygen atoms in total. The number of nitrogens with zero attached hydrogens (tertiary/aromatic N) is 2. The molecule has 0 aliphatic carbocycles. The number of hydrogen-bond acceptors (Lipinski definition) is 5. The van der Waals surface area contributed by atoms with E-state index in [0.717, 1.165) is 5.82 Å². The number of aliphatic hydroxyl groups is 1. The lowest BCUT2D eigenvalue weighted by Gasteiger charge is -2.35. The van der Waals surface area contributed by atoms with Crippen LogP contribution in [-0.4, -0.2) is 35.9 Å². The van der Waals surface area contributed by atoms with Crippen LogP contribution in [0.25, 0.3) is 0 Å². The Morgan fingerprint density at radius 1 is 1.47 bits per heavy atom. The van der Waals surface area contributed by atoms with E-state index in [1.165, 1.54) is 0 Å². The van der Waals surface area contributed by atoms with Gasteiger partial charge in [0.05, 0.1) is 24.4 Å². The number of nitrogens with two attached hydrogens (primary N) is 1. The van der Waals surface area contributed by atoms with E-state index in [1.54, 1.807) is 6.07 Å². The second-order valence-corrected chi connectivity index (χ2v) is 4.53. The van der Waals surface area contributed by atoms with Gasteiger partial charge in [0.2, 0.25) is 5.88 Å². The van der Waals surface area contributed by atoms with Crippen LogP contribution in [0, 0.1) is 0 Å². The van der Waals surface area contributed by atoms with Crippen LogP contribution in [0.5, 0.6) is 5.88 Å². The van der Waals surface area contributed by atoms with Gasteiger partial charge in [0.25, 0.3) is 0 Å². The summed E-state index contributed by atoms with van der Waals surface area (Å²) < 4.78 is 5.35. The molecule has 0 atom stereocenters. The summed E-state index contributed by atoms with van der Waals surface area (Å²) in [4.78, 5) is 6.24. The number of nitrogen functional groups attached to an aromatic ring is 1. The van der Waals surface area contributed by atoms with Crippen LogP contribution >= 0.6 is 0 Å². The molecular formula is C12H21N3O2. The largest absolute Gasteiger partial charge is 0.476 e. The van der Waals surface area contributed by atoms with Crippen LogP contribution in [-0.2, 0) is 0 Å². The minimum Gasteiger partial charge on any atom is -0.476 e. The van der Waals surface area contributed by atoms with E-state index in [9.17, 15) is 5.11 Å². The maximum atomic E-state index is 9.33. The van der Waals surface area contributed by atoms with Crippen molar-refractivity contribution < 1.29 is 9.84 Å². The molecule has 96 valence electrons. The topological polar surface area (TPSA) is 71.6 Å². The van der Waals surface area contributed by atoms with Gasteiger partial charge in [0.15, 0.2) is 0 Å². The maximum absolute atomic E-state index is 9.33. The number of likely N-dealkylation sites (N-methyl/N-ethyl adjacent to an activating group) is 1. The van der Waals surface area contributed by atoms with Crippen LogP contribution < -0.4 is 15.4 Å². The minimum atomic E-state index is -0.382. The Kier molecular flexibility index (Phi) is 4.17. The monoisotopic (exact) mass is 239 g/mol. The van der Waals surface area contributed by atoms with Gasteiger partial charge in [-0.1, -0.05) is 0 Å². The zero-order chi connectivity index (χ0) is 13.1. The van der Waals surface area contributed by atoms with Gasteiger partial charge in [-0.2, -0.15) is 4.98 Å². The van der Waals surface area contributed by atoms with Gasteiger partial charge in [-0.05, 0) is 32.9 Å². The number of pyridine rings is 1. The first-order chi connectivity index (χ1) is 7.92. The highest BCUT2D eigenvalue weighted by molar-refractivity contribution is 5.55. The van der Waals surface area contributed by atoms with Gasteiger partial charge in [-0.25, -0.2) is 0 Å². The summed E-state index contributed by atoms with van der Waals surface area (Å²) in [5.41, 5.74) is 5.90. The molecular weight excluding hydrogens is 218 g/mol. The first kappa shape index (κ1) is 13.6. The fourth-order valence-electron chi connectivity index (χ4n) is 1.30. The molecule has 0 saturated carbocycles. The van der Waals surface area contributed by atoms with Crippen molar-refractivity contribution in [1.29, 1.82) is 0 Å². The Bertz CT molecular complexity index is 380. The summed E-state index contributed by atoms with van der Waals surface area (Å²) in [6.07, 6.45) is 0. The highest BCUT2D eigenvalue weighted by atomic mass is 16.5. The maximum Gasteiger partial charge on any atom is 0.239 e. The molecule has 0 saturated heterocycles.